The van der Waals surface area contributed by atoms with E-state index in [1.54, 1.807) is 6.08 Å². The molecule has 0 heterocycles. The van der Waals surface area contributed by atoms with Crippen LogP contribution in [-0.2, 0) is 9.84 Å². The summed E-state index contributed by atoms with van der Waals surface area (Å²) < 4.78 is 21.1. The third-order valence-electron chi connectivity index (χ3n) is 1.02. The molecule has 0 N–H and O–H groups in total. The Kier molecular flexibility index (Phi) is 4.36. The Morgan fingerprint density at radius 1 is 1.30 bits per heavy atom. The lowest BCUT2D eigenvalue weighted by Crippen LogP contribution is -1.98. The third-order valence-corrected chi connectivity index (χ3v) is 1.82. The lowest BCUT2D eigenvalue weighted by atomic mass is 10.3. The number of hydrogen-bond donors (Lipinski definition) is 0. The molecule has 0 aliphatic carbocycles. The first-order valence-corrected chi connectivity index (χ1v) is 5.45. The summed E-state index contributed by atoms with van der Waals surface area (Å²) in [6.07, 6.45) is 6.89. The van der Waals surface area contributed by atoms with Gasteiger partial charge in [0, 0.05) is 6.26 Å². The Morgan fingerprint density at radius 3 is 2.30 bits per heavy atom. The zero-order valence-electron chi connectivity index (χ0n) is 6.50. The molecule has 0 spiro atoms. The molecule has 0 aromatic rings. The smallest absolute Gasteiger partial charge is 0.150 e. The van der Waals surface area contributed by atoms with E-state index in [4.69, 9.17) is 0 Å². The highest BCUT2D eigenvalue weighted by molar-refractivity contribution is 7.90. The van der Waals surface area contributed by atoms with E-state index >= 15 is 0 Å². The van der Waals surface area contributed by atoms with Crippen molar-refractivity contribution >= 4 is 9.84 Å². The van der Waals surface area contributed by atoms with Crippen molar-refractivity contribution < 1.29 is 8.42 Å². The van der Waals surface area contributed by atoms with E-state index in [9.17, 15) is 8.42 Å². The minimum absolute atomic E-state index is 0.174. The summed E-state index contributed by atoms with van der Waals surface area (Å²) in [6.45, 7) is 2.06. The van der Waals surface area contributed by atoms with E-state index in [2.05, 4.69) is 6.92 Å². The normalized spacial score (nSPS) is 12.6. The molecule has 3 heteroatoms. The lowest BCUT2D eigenvalue weighted by molar-refractivity contribution is 0.604. The largest absolute Gasteiger partial charge is 0.229 e. The fourth-order valence-corrected chi connectivity index (χ4v) is 1.01. The molecule has 0 saturated carbocycles. The van der Waals surface area contributed by atoms with Crippen LogP contribution in [-0.4, -0.2) is 20.4 Å². The van der Waals surface area contributed by atoms with Crippen LogP contribution in [0.4, 0.5) is 0 Å². The van der Waals surface area contributed by atoms with Gasteiger partial charge in [-0.15, -0.1) is 0 Å². The minimum atomic E-state index is -2.79. The molecule has 0 atom stereocenters. The Labute approximate surface area is 62.9 Å². The lowest BCUT2D eigenvalue weighted by Gasteiger charge is -1.87. The van der Waals surface area contributed by atoms with Gasteiger partial charge in [-0.05, 0) is 6.42 Å². The predicted molar refractivity (Wildman–Crippen MR) is 43.8 cm³/mol. The van der Waals surface area contributed by atoms with Crippen LogP contribution in [0.2, 0.25) is 0 Å². The van der Waals surface area contributed by atoms with Crippen molar-refractivity contribution in [3.05, 3.63) is 12.2 Å². The molecule has 0 fully saturated rings. The van der Waals surface area contributed by atoms with Gasteiger partial charge in [0.2, 0.25) is 0 Å². The molecule has 0 rings (SSSR count). The van der Waals surface area contributed by atoms with Crippen LogP contribution < -0.4 is 0 Å². The number of rotatable bonds is 4. The first kappa shape index (κ1) is 9.69. The average molecular weight is 162 g/mol. The first-order valence-electron chi connectivity index (χ1n) is 3.39. The average Bonchev–Trinajstić information content (AvgIpc) is 1.78. The molecule has 0 aromatic carbocycles. The van der Waals surface area contributed by atoms with Gasteiger partial charge in [0.25, 0.3) is 0 Å². The summed E-state index contributed by atoms with van der Waals surface area (Å²) in [6, 6.07) is 0. The maximum absolute atomic E-state index is 10.5. The van der Waals surface area contributed by atoms with Crippen molar-refractivity contribution in [3.63, 3.8) is 0 Å². The maximum Gasteiger partial charge on any atom is 0.150 e. The van der Waals surface area contributed by atoms with Crippen LogP contribution in [0.1, 0.15) is 19.8 Å². The summed E-state index contributed by atoms with van der Waals surface area (Å²) >= 11 is 0. The Morgan fingerprint density at radius 2 is 1.90 bits per heavy atom. The topological polar surface area (TPSA) is 34.1 Å². The summed E-state index contributed by atoms with van der Waals surface area (Å²) in [5, 5.41) is 0. The van der Waals surface area contributed by atoms with Crippen molar-refractivity contribution in [3.8, 4) is 0 Å². The van der Waals surface area contributed by atoms with Gasteiger partial charge >= 0.3 is 0 Å². The highest BCUT2D eigenvalue weighted by Crippen LogP contribution is 1.90. The van der Waals surface area contributed by atoms with Gasteiger partial charge in [0.1, 0.15) is 0 Å². The number of allylic oxidation sites excluding steroid dienone is 1. The Balaban J connectivity index is 3.55. The van der Waals surface area contributed by atoms with Crippen LogP contribution in [0, 0.1) is 0 Å². The van der Waals surface area contributed by atoms with E-state index in [0.29, 0.717) is 0 Å². The zero-order chi connectivity index (χ0) is 8.04. The fraction of sp³-hybridized carbons (Fsp3) is 0.714. The van der Waals surface area contributed by atoms with E-state index in [-0.39, 0.29) is 5.75 Å². The van der Waals surface area contributed by atoms with E-state index in [1.165, 1.54) is 6.26 Å². The third kappa shape index (κ3) is 7.69. The summed E-state index contributed by atoms with van der Waals surface area (Å²) in [4.78, 5) is 0. The first-order chi connectivity index (χ1) is 4.56. The van der Waals surface area contributed by atoms with Crippen molar-refractivity contribution in [1.29, 1.82) is 0 Å². The van der Waals surface area contributed by atoms with Gasteiger partial charge in [-0.3, -0.25) is 0 Å². The monoisotopic (exact) mass is 162 g/mol. The summed E-state index contributed by atoms with van der Waals surface area (Å²) in [5.74, 6) is 0.174. The highest BCUT2D eigenvalue weighted by atomic mass is 32.2. The van der Waals surface area contributed by atoms with Gasteiger partial charge in [-0.25, -0.2) is 8.42 Å². The quantitative estimate of drug-likeness (QED) is 0.585. The van der Waals surface area contributed by atoms with E-state index in [0.717, 1.165) is 12.8 Å². The fourth-order valence-electron chi connectivity index (χ4n) is 0.527. The molecular weight excluding hydrogens is 148 g/mol. The molecule has 10 heavy (non-hydrogen) atoms. The molecule has 0 aliphatic rings. The minimum Gasteiger partial charge on any atom is -0.229 e. The van der Waals surface area contributed by atoms with E-state index in [1.807, 2.05) is 6.08 Å². The highest BCUT2D eigenvalue weighted by Gasteiger charge is 1.94. The molecule has 60 valence electrons. The Hall–Kier alpha value is -0.310. The van der Waals surface area contributed by atoms with Gasteiger partial charge in [-0.1, -0.05) is 25.5 Å². The molecule has 0 radical (unpaired) electrons. The standard InChI is InChI=1S/C7H14O2S/c1-3-4-5-6-7-10(2,8)9/h5-6H,3-4,7H2,1-2H3. The molecule has 0 bridgehead atoms. The Bertz CT molecular complexity index is 190. The summed E-state index contributed by atoms with van der Waals surface area (Å²) in [7, 11) is -2.79. The second-order valence-corrected chi connectivity index (χ2v) is 4.54. The van der Waals surface area contributed by atoms with Crippen LogP contribution in [0.3, 0.4) is 0 Å². The van der Waals surface area contributed by atoms with Gasteiger partial charge < -0.3 is 0 Å². The predicted octanol–water partition coefficient (Wildman–Crippen LogP) is 1.39. The van der Waals surface area contributed by atoms with Gasteiger partial charge in [0.05, 0.1) is 5.75 Å². The van der Waals surface area contributed by atoms with Crippen LogP contribution in [0.15, 0.2) is 12.2 Å². The van der Waals surface area contributed by atoms with Crippen LogP contribution in [0.5, 0.6) is 0 Å². The molecule has 2 nitrogen and oxygen atoms in total. The maximum atomic E-state index is 10.5. The van der Waals surface area contributed by atoms with Crippen LogP contribution in [0.25, 0.3) is 0 Å². The molecule has 0 saturated heterocycles. The van der Waals surface area contributed by atoms with E-state index < -0.39 is 9.84 Å². The van der Waals surface area contributed by atoms with Gasteiger partial charge in [-0.2, -0.15) is 0 Å². The molecular formula is C7H14O2S. The summed E-state index contributed by atoms with van der Waals surface area (Å²) in [5.41, 5.74) is 0. The molecule has 0 unspecified atom stereocenters. The SMILES string of the molecule is CCCC=CCS(C)(=O)=O. The number of sulfone groups is 1. The molecule has 0 amide bonds. The van der Waals surface area contributed by atoms with Crippen molar-refractivity contribution in [2.24, 2.45) is 0 Å². The number of hydrogen-bond acceptors (Lipinski definition) is 2. The van der Waals surface area contributed by atoms with Crippen molar-refractivity contribution in [1.82, 2.24) is 0 Å². The molecule has 0 aliphatic heterocycles. The second kappa shape index (κ2) is 4.50. The number of unbranched alkanes of at least 4 members (excludes halogenated alkanes) is 1. The second-order valence-electron chi connectivity index (χ2n) is 2.35. The van der Waals surface area contributed by atoms with Crippen molar-refractivity contribution in [2.75, 3.05) is 12.0 Å². The molecule has 0 aromatic heterocycles. The van der Waals surface area contributed by atoms with Crippen LogP contribution >= 0.6 is 0 Å². The zero-order valence-corrected chi connectivity index (χ0v) is 7.32. The van der Waals surface area contributed by atoms with Crippen molar-refractivity contribution in [2.45, 2.75) is 19.8 Å². The van der Waals surface area contributed by atoms with Gasteiger partial charge in [0.15, 0.2) is 9.84 Å².